The largest absolute Gasteiger partial charge is 0.273 e. The lowest BCUT2D eigenvalue weighted by Crippen LogP contribution is -2.47. The number of carbonyl (C=O) groups excluding carboxylic acids is 2. The summed E-state index contributed by atoms with van der Waals surface area (Å²) in [5.74, 6) is 0.475. The number of hydrogen-bond acceptors (Lipinski definition) is 3. The second-order valence-corrected chi connectivity index (χ2v) is 6.72. The van der Waals surface area contributed by atoms with Crippen LogP contribution in [-0.4, -0.2) is 22.6 Å². The number of amides is 2. The number of hydrazine groups is 1. The van der Waals surface area contributed by atoms with Crippen LogP contribution >= 0.6 is 11.8 Å². The molecule has 2 amide bonds. The third kappa shape index (κ3) is 3.23. The number of hydrogen-bond donors (Lipinski definition) is 1. The highest BCUT2D eigenvalue weighted by Gasteiger charge is 2.35. The number of carbonyl (C=O) groups is 2. The summed E-state index contributed by atoms with van der Waals surface area (Å²) in [6.45, 7) is 0. The minimum atomic E-state index is -0.105. The molecule has 0 bridgehead atoms. The second-order valence-electron chi connectivity index (χ2n) is 5.65. The fourth-order valence-electron chi connectivity index (χ4n) is 2.98. The lowest BCUT2D eigenvalue weighted by Gasteiger charge is -2.28. The molecule has 0 radical (unpaired) electrons. The van der Waals surface area contributed by atoms with Gasteiger partial charge in [-0.1, -0.05) is 49.6 Å². The molecule has 1 saturated heterocycles. The first-order valence-electron chi connectivity index (χ1n) is 7.55. The van der Waals surface area contributed by atoms with Crippen molar-refractivity contribution in [3.8, 4) is 0 Å². The molecule has 3 rings (SSSR count). The zero-order valence-corrected chi connectivity index (χ0v) is 12.8. The van der Waals surface area contributed by atoms with Crippen molar-refractivity contribution < 1.29 is 9.59 Å². The lowest BCUT2D eigenvalue weighted by atomic mass is 9.89. The van der Waals surface area contributed by atoms with Crippen LogP contribution in [0.25, 0.3) is 0 Å². The normalized spacial score (nSPS) is 23.3. The highest BCUT2D eigenvalue weighted by Crippen LogP contribution is 2.37. The Labute approximate surface area is 129 Å². The molecule has 1 aromatic rings. The molecule has 5 heteroatoms. The summed E-state index contributed by atoms with van der Waals surface area (Å²) in [6.07, 6.45) is 5.33. The molecule has 4 nitrogen and oxygen atoms in total. The van der Waals surface area contributed by atoms with Crippen molar-refractivity contribution in [3.05, 3.63) is 35.9 Å². The Bertz CT molecular complexity index is 514. The molecule has 1 aliphatic carbocycles. The molecular formula is C16H20N2O2S. The van der Waals surface area contributed by atoms with Gasteiger partial charge in [0.2, 0.25) is 5.91 Å². The van der Waals surface area contributed by atoms with Crippen LogP contribution in [0.4, 0.5) is 0 Å². The number of benzene rings is 1. The molecule has 1 unspecified atom stereocenters. The van der Waals surface area contributed by atoms with Crippen LogP contribution in [0.5, 0.6) is 0 Å². The lowest BCUT2D eigenvalue weighted by molar-refractivity contribution is -0.141. The predicted octanol–water partition coefficient (Wildman–Crippen LogP) is 2.87. The van der Waals surface area contributed by atoms with Gasteiger partial charge in [-0.3, -0.25) is 15.0 Å². The second kappa shape index (κ2) is 6.52. The molecule has 1 saturated carbocycles. The molecule has 1 N–H and O–H groups in total. The Balaban J connectivity index is 1.69. The maximum atomic E-state index is 12.4. The van der Waals surface area contributed by atoms with E-state index >= 15 is 0 Å². The van der Waals surface area contributed by atoms with Crippen molar-refractivity contribution in [1.82, 2.24) is 10.4 Å². The van der Waals surface area contributed by atoms with Crippen molar-refractivity contribution in [3.63, 3.8) is 0 Å². The Morgan fingerprint density at radius 2 is 1.86 bits per heavy atom. The molecule has 1 aliphatic heterocycles. The highest BCUT2D eigenvalue weighted by molar-refractivity contribution is 8.00. The SMILES string of the molecule is O=C(NN1C(=O)CSC1c1ccccc1)C1CCCCC1. The Kier molecular flexibility index (Phi) is 4.48. The number of rotatable bonds is 3. The maximum absolute atomic E-state index is 12.4. The number of nitrogens with zero attached hydrogens (tertiary/aromatic N) is 1. The van der Waals surface area contributed by atoms with Gasteiger partial charge < -0.3 is 0 Å². The summed E-state index contributed by atoms with van der Waals surface area (Å²) < 4.78 is 0. The van der Waals surface area contributed by atoms with E-state index in [0.29, 0.717) is 5.75 Å². The Hall–Kier alpha value is -1.49. The van der Waals surface area contributed by atoms with Crippen LogP contribution < -0.4 is 5.43 Å². The minimum absolute atomic E-state index is 0.00600. The van der Waals surface area contributed by atoms with E-state index in [1.54, 1.807) is 11.8 Å². The molecule has 2 aliphatic rings. The first kappa shape index (κ1) is 14.4. The van der Waals surface area contributed by atoms with Crippen LogP contribution in [-0.2, 0) is 9.59 Å². The summed E-state index contributed by atoms with van der Waals surface area (Å²) in [5.41, 5.74) is 3.92. The molecule has 21 heavy (non-hydrogen) atoms. The fourth-order valence-corrected chi connectivity index (χ4v) is 4.09. The number of nitrogens with one attached hydrogen (secondary N) is 1. The van der Waals surface area contributed by atoms with Gasteiger partial charge in [-0.05, 0) is 18.4 Å². The van der Waals surface area contributed by atoms with Gasteiger partial charge in [-0.15, -0.1) is 11.8 Å². The molecule has 1 aromatic carbocycles. The zero-order valence-electron chi connectivity index (χ0n) is 12.0. The van der Waals surface area contributed by atoms with E-state index in [1.807, 2.05) is 30.3 Å². The van der Waals surface area contributed by atoms with Gasteiger partial charge in [0.15, 0.2) is 0 Å². The highest BCUT2D eigenvalue weighted by atomic mass is 32.2. The molecule has 112 valence electrons. The van der Waals surface area contributed by atoms with E-state index in [9.17, 15) is 9.59 Å². The van der Waals surface area contributed by atoms with Crippen LogP contribution in [0.3, 0.4) is 0 Å². The first-order chi connectivity index (χ1) is 10.3. The summed E-state index contributed by atoms with van der Waals surface area (Å²) in [5, 5.41) is 1.42. The topological polar surface area (TPSA) is 49.4 Å². The van der Waals surface area contributed by atoms with E-state index in [-0.39, 0.29) is 23.1 Å². The number of thioether (sulfide) groups is 1. The van der Waals surface area contributed by atoms with Gasteiger partial charge >= 0.3 is 0 Å². The van der Waals surface area contributed by atoms with E-state index in [4.69, 9.17) is 0 Å². The van der Waals surface area contributed by atoms with E-state index in [0.717, 1.165) is 31.2 Å². The average molecular weight is 304 g/mol. The summed E-state index contributed by atoms with van der Waals surface area (Å²) in [6, 6.07) is 9.86. The van der Waals surface area contributed by atoms with Crippen molar-refractivity contribution >= 4 is 23.6 Å². The van der Waals surface area contributed by atoms with E-state index in [2.05, 4.69) is 5.43 Å². The summed E-state index contributed by atoms with van der Waals surface area (Å²) in [4.78, 5) is 24.4. The van der Waals surface area contributed by atoms with Crippen LogP contribution in [0.1, 0.15) is 43.0 Å². The third-order valence-electron chi connectivity index (χ3n) is 4.16. The van der Waals surface area contributed by atoms with Gasteiger partial charge in [0.25, 0.3) is 5.91 Å². The zero-order chi connectivity index (χ0) is 14.7. The van der Waals surface area contributed by atoms with Crippen molar-refractivity contribution in [2.24, 2.45) is 5.92 Å². The molecular weight excluding hydrogens is 284 g/mol. The molecule has 1 heterocycles. The van der Waals surface area contributed by atoms with Gasteiger partial charge in [0.1, 0.15) is 5.37 Å². The van der Waals surface area contributed by atoms with Crippen LogP contribution in [0.15, 0.2) is 30.3 Å². The van der Waals surface area contributed by atoms with Crippen LogP contribution in [0, 0.1) is 5.92 Å². The molecule has 1 atom stereocenters. The smallest absolute Gasteiger partial charge is 0.252 e. The molecule has 0 spiro atoms. The van der Waals surface area contributed by atoms with Crippen molar-refractivity contribution in [1.29, 1.82) is 0 Å². The van der Waals surface area contributed by atoms with E-state index < -0.39 is 0 Å². The van der Waals surface area contributed by atoms with Gasteiger partial charge in [0.05, 0.1) is 5.75 Å². The minimum Gasteiger partial charge on any atom is -0.273 e. The van der Waals surface area contributed by atoms with E-state index in [1.165, 1.54) is 11.4 Å². The Morgan fingerprint density at radius 1 is 1.14 bits per heavy atom. The molecule has 0 aromatic heterocycles. The van der Waals surface area contributed by atoms with Gasteiger partial charge in [0, 0.05) is 5.92 Å². The monoisotopic (exact) mass is 304 g/mol. The standard InChI is InChI=1S/C16H20N2O2S/c19-14-11-21-16(13-9-5-2-6-10-13)18(14)17-15(20)12-7-3-1-4-8-12/h2,5-6,9-10,12,16H,1,3-4,7-8,11H2,(H,17,20). The van der Waals surface area contributed by atoms with Crippen molar-refractivity contribution in [2.45, 2.75) is 37.5 Å². The predicted molar refractivity (Wildman–Crippen MR) is 83.2 cm³/mol. The van der Waals surface area contributed by atoms with Crippen LogP contribution in [0.2, 0.25) is 0 Å². The molecule has 2 fully saturated rings. The van der Waals surface area contributed by atoms with Crippen molar-refractivity contribution in [2.75, 3.05) is 5.75 Å². The maximum Gasteiger partial charge on any atom is 0.252 e. The first-order valence-corrected chi connectivity index (χ1v) is 8.59. The fraction of sp³-hybridized carbons (Fsp3) is 0.500. The average Bonchev–Trinajstić information content (AvgIpc) is 2.90. The quantitative estimate of drug-likeness (QED) is 0.934. The summed E-state index contributed by atoms with van der Waals surface area (Å²) in [7, 11) is 0. The van der Waals surface area contributed by atoms with Gasteiger partial charge in [-0.2, -0.15) is 0 Å². The Morgan fingerprint density at radius 3 is 2.57 bits per heavy atom. The third-order valence-corrected chi connectivity index (χ3v) is 5.37. The summed E-state index contributed by atoms with van der Waals surface area (Å²) >= 11 is 1.56. The van der Waals surface area contributed by atoms with Gasteiger partial charge in [-0.25, -0.2) is 5.01 Å².